The maximum atomic E-state index is 12.0. The van der Waals surface area contributed by atoms with E-state index in [-0.39, 0.29) is 5.49 Å². The van der Waals surface area contributed by atoms with Crippen molar-refractivity contribution in [3.05, 3.63) is 40.2 Å². The largest absolute Gasteiger partial charge is 0.493 e. The van der Waals surface area contributed by atoms with Crippen LogP contribution in [0, 0.1) is 16.7 Å². The van der Waals surface area contributed by atoms with Gasteiger partial charge in [0, 0.05) is 23.7 Å². The number of nitrogens with one attached hydrogen (secondary N) is 2. The second-order valence-corrected chi connectivity index (χ2v) is 6.77. The highest BCUT2D eigenvalue weighted by atomic mass is 32.2. The summed E-state index contributed by atoms with van der Waals surface area (Å²) in [5.41, 5.74) is 0.699. The van der Waals surface area contributed by atoms with E-state index in [9.17, 15) is 4.79 Å². The summed E-state index contributed by atoms with van der Waals surface area (Å²) in [6, 6.07) is 5.90. The molecule has 0 amide bonds. The highest BCUT2D eigenvalue weighted by molar-refractivity contribution is 7.98. The maximum Gasteiger partial charge on any atom is 0.293 e. The van der Waals surface area contributed by atoms with Crippen LogP contribution in [-0.2, 0) is 7.05 Å². The number of thioether (sulfide) groups is 1. The molecule has 3 rings (SSSR count). The van der Waals surface area contributed by atoms with Crippen molar-refractivity contribution >= 4 is 18.1 Å². The van der Waals surface area contributed by atoms with Crippen LogP contribution in [0.25, 0.3) is 11.3 Å². The molecule has 1 heterocycles. The van der Waals surface area contributed by atoms with Gasteiger partial charge in [-0.15, -0.1) is 11.8 Å². The number of hydrogen-bond donors (Lipinski definition) is 2. The van der Waals surface area contributed by atoms with Crippen LogP contribution in [0.4, 0.5) is 0 Å². The number of hydrogen-bond acceptors (Lipinski definition) is 5. The number of nitrogens with zero attached hydrogens (tertiary/aromatic N) is 2. The Labute approximate surface area is 144 Å². The molecule has 0 atom stereocenters. The van der Waals surface area contributed by atoms with Crippen LogP contribution < -0.4 is 15.8 Å². The van der Waals surface area contributed by atoms with Crippen molar-refractivity contribution in [2.75, 3.05) is 12.9 Å². The summed E-state index contributed by atoms with van der Waals surface area (Å²) >= 11 is 1.61. The van der Waals surface area contributed by atoms with Gasteiger partial charge in [0.1, 0.15) is 5.75 Å². The predicted molar refractivity (Wildman–Crippen MR) is 95.1 cm³/mol. The minimum atomic E-state index is -0.441. The molecule has 6 nitrogen and oxygen atoms in total. The molecule has 0 aliphatic heterocycles. The Bertz CT molecular complexity index is 896. The Hall–Kier alpha value is -2.28. The van der Waals surface area contributed by atoms with E-state index in [0.717, 1.165) is 16.8 Å². The SMILES string of the molecule is CSc1ccc(OCC2CC2)c(-c2cn(C)c(=O)c(=N)n2C=N)c1. The molecule has 0 radical (unpaired) electrons. The third-order valence-corrected chi connectivity index (χ3v) is 4.83. The number of aryl methyl sites for hydroxylation is 1. The summed E-state index contributed by atoms with van der Waals surface area (Å²) in [4.78, 5) is 13.0. The summed E-state index contributed by atoms with van der Waals surface area (Å²) in [6.45, 7) is 0.676. The summed E-state index contributed by atoms with van der Waals surface area (Å²) in [5.74, 6) is 1.34. The van der Waals surface area contributed by atoms with Gasteiger partial charge in [-0.25, -0.2) is 0 Å². The fourth-order valence-electron chi connectivity index (χ4n) is 2.48. The fraction of sp³-hybridized carbons (Fsp3) is 0.353. The summed E-state index contributed by atoms with van der Waals surface area (Å²) in [7, 11) is 1.61. The minimum absolute atomic E-state index is 0.243. The Balaban J connectivity index is 2.17. The van der Waals surface area contributed by atoms with Gasteiger partial charge < -0.3 is 9.30 Å². The second kappa shape index (κ2) is 6.68. The van der Waals surface area contributed by atoms with E-state index in [2.05, 4.69) is 0 Å². The van der Waals surface area contributed by atoms with Crippen LogP contribution >= 0.6 is 11.8 Å². The van der Waals surface area contributed by atoms with Crippen molar-refractivity contribution < 1.29 is 4.74 Å². The third-order valence-electron chi connectivity index (χ3n) is 4.10. The average molecular weight is 344 g/mol. The summed E-state index contributed by atoms with van der Waals surface area (Å²) in [6.07, 6.45) is 7.04. The van der Waals surface area contributed by atoms with Gasteiger partial charge in [-0.05, 0) is 43.2 Å². The predicted octanol–water partition coefficient (Wildman–Crippen LogP) is 2.30. The molecule has 1 aromatic heterocycles. The Morgan fingerprint density at radius 2 is 2.17 bits per heavy atom. The highest BCUT2D eigenvalue weighted by Crippen LogP contribution is 2.35. The Morgan fingerprint density at radius 3 is 2.79 bits per heavy atom. The maximum absolute atomic E-state index is 12.0. The molecule has 1 aromatic carbocycles. The van der Waals surface area contributed by atoms with Gasteiger partial charge >= 0.3 is 0 Å². The van der Waals surface area contributed by atoms with Crippen LogP contribution in [0.5, 0.6) is 5.75 Å². The topological polar surface area (TPSA) is 83.9 Å². The van der Waals surface area contributed by atoms with Crippen LogP contribution in [0.3, 0.4) is 0 Å². The summed E-state index contributed by atoms with van der Waals surface area (Å²) < 4.78 is 8.63. The smallest absolute Gasteiger partial charge is 0.293 e. The molecule has 2 aromatic rings. The molecular weight excluding hydrogens is 324 g/mol. The lowest BCUT2D eigenvalue weighted by Gasteiger charge is -2.16. The Kier molecular flexibility index (Phi) is 4.62. The monoisotopic (exact) mass is 344 g/mol. The first kappa shape index (κ1) is 16.6. The van der Waals surface area contributed by atoms with E-state index in [0.29, 0.717) is 24.0 Å². The molecular formula is C17H20N4O2S. The molecule has 1 fully saturated rings. The zero-order chi connectivity index (χ0) is 17.3. The van der Waals surface area contributed by atoms with Crippen molar-refractivity contribution in [3.8, 4) is 17.0 Å². The lowest BCUT2D eigenvalue weighted by Crippen LogP contribution is -2.40. The number of ether oxygens (including phenoxy) is 1. The fourth-order valence-corrected chi connectivity index (χ4v) is 2.92. The minimum Gasteiger partial charge on any atom is -0.493 e. The molecule has 2 N–H and O–H groups in total. The first-order chi connectivity index (χ1) is 11.5. The second-order valence-electron chi connectivity index (χ2n) is 5.89. The quantitative estimate of drug-likeness (QED) is 0.479. The molecule has 24 heavy (non-hydrogen) atoms. The van der Waals surface area contributed by atoms with E-state index in [1.54, 1.807) is 25.0 Å². The number of aromatic nitrogens is 2. The van der Waals surface area contributed by atoms with Crippen molar-refractivity contribution in [1.29, 1.82) is 10.8 Å². The zero-order valence-electron chi connectivity index (χ0n) is 13.7. The lowest BCUT2D eigenvalue weighted by molar-refractivity contribution is 0.300. The van der Waals surface area contributed by atoms with Crippen molar-refractivity contribution in [2.45, 2.75) is 17.7 Å². The normalized spacial score (nSPS) is 13.8. The van der Waals surface area contributed by atoms with Gasteiger partial charge in [0.2, 0.25) is 0 Å². The van der Waals surface area contributed by atoms with E-state index in [1.165, 1.54) is 22.0 Å². The first-order valence-electron chi connectivity index (χ1n) is 7.73. The van der Waals surface area contributed by atoms with Crippen LogP contribution in [0.1, 0.15) is 12.8 Å². The molecule has 1 saturated carbocycles. The zero-order valence-corrected chi connectivity index (χ0v) is 14.5. The van der Waals surface area contributed by atoms with E-state index in [4.69, 9.17) is 15.6 Å². The summed E-state index contributed by atoms with van der Waals surface area (Å²) in [5, 5.41) is 15.6. The molecule has 7 heteroatoms. The van der Waals surface area contributed by atoms with Crippen molar-refractivity contribution in [2.24, 2.45) is 13.0 Å². The van der Waals surface area contributed by atoms with Crippen LogP contribution in [0.2, 0.25) is 0 Å². The average Bonchev–Trinajstić information content (AvgIpc) is 3.42. The molecule has 1 aliphatic carbocycles. The standard InChI is InChI=1S/C17H20N4O2S/c1-20-8-14(21(10-18)16(19)17(20)22)13-7-12(24-2)5-6-15(13)23-9-11-3-4-11/h5-8,10-11,18-19H,3-4,9H2,1-2H3. The first-order valence-corrected chi connectivity index (χ1v) is 8.96. The van der Waals surface area contributed by atoms with E-state index < -0.39 is 5.56 Å². The Morgan fingerprint density at radius 1 is 1.42 bits per heavy atom. The van der Waals surface area contributed by atoms with Crippen molar-refractivity contribution in [3.63, 3.8) is 0 Å². The van der Waals surface area contributed by atoms with Gasteiger partial charge in [0.15, 0.2) is 5.49 Å². The van der Waals surface area contributed by atoms with E-state index in [1.807, 2.05) is 24.5 Å². The van der Waals surface area contributed by atoms with E-state index >= 15 is 0 Å². The highest BCUT2D eigenvalue weighted by Gasteiger charge is 2.23. The van der Waals surface area contributed by atoms with Gasteiger partial charge in [0.05, 0.1) is 18.6 Å². The third kappa shape index (κ3) is 3.17. The van der Waals surface area contributed by atoms with Crippen LogP contribution in [0.15, 0.2) is 34.1 Å². The van der Waals surface area contributed by atoms with Crippen LogP contribution in [-0.4, -0.2) is 28.3 Å². The lowest BCUT2D eigenvalue weighted by atomic mass is 10.1. The molecule has 1 aliphatic rings. The molecule has 0 bridgehead atoms. The number of benzene rings is 1. The van der Waals surface area contributed by atoms with Gasteiger partial charge in [0.25, 0.3) is 5.56 Å². The molecule has 0 spiro atoms. The van der Waals surface area contributed by atoms with Gasteiger partial charge in [-0.1, -0.05) is 0 Å². The molecule has 0 unspecified atom stereocenters. The molecule has 0 saturated heterocycles. The molecule has 126 valence electrons. The number of rotatable bonds is 6. The van der Waals surface area contributed by atoms with Gasteiger partial charge in [-0.3, -0.25) is 20.2 Å². The van der Waals surface area contributed by atoms with Gasteiger partial charge in [-0.2, -0.15) is 0 Å². The van der Waals surface area contributed by atoms with Crippen molar-refractivity contribution in [1.82, 2.24) is 9.13 Å².